The van der Waals surface area contributed by atoms with E-state index in [2.05, 4.69) is 9.97 Å². The third-order valence-corrected chi connectivity index (χ3v) is 3.94. The maximum Gasteiger partial charge on any atom is 0.144 e. The van der Waals surface area contributed by atoms with E-state index in [-0.39, 0.29) is 5.78 Å². The van der Waals surface area contributed by atoms with Crippen LogP contribution in [0.25, 0.3) is 11.3 Å². The van der Waals surface area contributed by atoms with E-state index in [1.807, 2.05) is 47.8 Å². The zero-order valence-electron chi connectivity index (χ0n) is 11.4. The van der Waals surface area contributed by atoms with Crippen LogP contribution in [-0.4, -0.2) is 15.8 Å². The van der Waals surface area contributed by atoms with Gasteiger partial charge in [-0.05, 0) is 11.6 Å². The van der Waals surface area contributed by atoms with E-state index in [0.717, 1.165) is 21.8 Å². The summed E-state index contributed by atoms with van der Waals surface area (Å²) in [6.45, 7) is 0. The normalized spacial score (nSPS) is 10.5. The first-order valence-electron chi connectivity index (χ1n) is 6.72. The molecule has 0 bridgehead atoms. The SMILES string of the molecule is O=C(Cc1cccnc1)Cc1nc(-c2ccccc2)cs1. The van der Waals surface area contributed by atoms with Crippen molar-refractivity contribution >= 4 is 17.1 Å². The molecule has 3 nitrogen and oxygen atoms in total. The van der Waals surface area contributed by atoms with Gasteiger partial charge < -0.3 is 0 Å². The Balaban J connectivity index is 1.66. The van der Waals surface area contributed by atoms with Gasteiger partial charge in [0.2, 0.25) is 0 Å². The van der Waals surface area contributed by atoms with Crippen LogP contribution in [0.4, 0.5) is 0 Å². The Hall–Kier alpha value is -2.33. The molecule has 104 valence electrons. The minimum Gasteiger partial charge on any atom is -0.299 e. The van der Waals surface area contributed by atoms with Gasteiger partial charge in [-0.25, -0.2) is 4.98 Å². The Morgan fingerprint density at radius 3 is 2.67 bits per heavy atom. The van der Waals surface area contributed by atoms with Crippen LogP contribution in [0, 0.1) is 0 Å². The molecule has 0 saturated carbocycles. The van der Waals surface area contributed by atoms with Gasteiger partial charge in [0.25, 0.3) is 0 Å². The Morgan fingerprint density at radius 2 is 1.90 bits per heavy atom. The van der Waals surface area contributed by atoms with Crippen LogP contribution in [0.5, 0.6) is 0 Å². The molecule has 0 aliphatic heterocycles. The van der Waals surface area contributed by atoms with Crippen LogP contribution in [0.15, 0.2) is 60.2 Å². The van der Waals surface area contributed by atoms with E-state index in [4.69, 9.17) is 0 Å². The molecule has 0 N–H and O–H groups in total. The van der Waals surface area contributed by atoms with Crippen molar-refractivity contribution in [1.82, 2.24) is 9.97 Å². The lowest BCUT2D eigenvalue weighted by Crippen LogP contribution is -2.06. The smallest absolute Gasteiger partial charge is 0.144 e. The van der Waals surface area contributed by atoms with E-state index >= 15 is 0 Å². The van der Waals surface area contributed by atoms with E-state index in [0.29, 0.717) is 12.8 Å². The molecule has 0 aliphatic rings. The number of pyridine rings is 1. The van der Waals surface area contributed by atoms with Crippen LogP contribution in [0.3, 0.4) is 0 Å². The summed E-state index contributed by atoms with van der Waals surface area (Å²) in [6, 6.07) is 13.8. The van der Waals surface area contributed by atoms with Gasteiger partial charge >= 0.3 is 0 Å². The molecule has 1 aromatic carbocycles. The summed E-state index contributed by atoms with van der Waals surface area (Å²) in [5.41, 5.74) is 2.96. The van der Waals surface area contributed by atoms with E-state index in [1.165, 1.54) is 11.3 Å². The quantitative estimate of drug-likeness (QED) is 0.722. The number of benzene rings is 1. The number of Topliss-reactive ketones (excluding diaryl/α,β-unsaturated/α-hetero) is 1. The number of carbonyl (C=O) groups is 1. The van der Waals surface area contributed by atoms with E-state index in [9.17, 15) is 4.79 Å². The van der Waals surface area contributed by atoms with Crippen LogP contribution < -0.4 is 0 Å². The van der Waals surface area contributed by atoms with Crippen molar-refractivity contribution in [2.24, 2.45) is 0 Å². The van der Waals surface area contributed by atoms with Crippen LogP contribution in [0.2, 0.25) is 0 Å². The lowest BCUT2D eigenvalue weighted by molar-refractivity contribution is -0.117. The molecule has 0 spiro atoms. The fourth-order valence-electron chi connectivity index (χ4n) is 2.10. The van der Waals surface area contributed by atoms with Crippen molar-refractivity contribution in [1.29, 1.82) is 0 Å². The lowest BCUT2D eigenvalue weighted by Gasteiger charge is -1.98. The zero-order chi connectivity index (χ0) is 14.5. The number of hydrogen-bond acceptors (Lipinski definition) is 4. The number of ketones is 1. The van der Waals surface area contributed by atoms with Crippen molar-refractivity contribution in [3.63, 3.8) is 0 Å². The molecule has 2 aromatic heterocycles. The minimum absolute atomic E-state index is 0.164. The van der Waals surface area contributed by atoms with E-state index in [1.54, 1.807) is 12.4 Å². The minimum atomic E-state index is 0.164. The summed E-state index contributed by atoms with van der Waals surface area (Å²) < 4.78 is 0. The summed E-state index contributed by atoms with van der Waals surface area (Å²) in [7, 11) is 0. The van der Waals surface area contributed by atoms with Gasteiger partial charge in [-0.2, -0.15) is 0 Å². The van der Waals surface area contributed by atoms with Crippen molar-refractivity contribution in [3.8, 4) is 11.3 Å². The molecule has 21 heavy (non-hydrogen) atoms. The summed E-state index contributed by atoms with van der Waals surface area (Å²) in [5, 5.41) is 2.87. The summed E-state index contributed by atoms with van der Waals surface area (Å²) in [4.78, 5) is 20.6. The molecule has 3 rings (SSSR count). The average molecular weight is 294 g/mol. The highest BCUT2D eigenvalue weighted by atomic mass is 32.1. The second kappa shape index (κ2) is 6.41. The highest BCUT2D eigenvalue weighted by Gasteiger charge is 2.10. The van der Waals surface area contributed by atoms with E-state index < -0.39 is 0 Å². The first-order valence-corrected chi connectivity index (χ1v) is 7.59. The third-order valence-electron chi connectivity index (χ3n) is 3.09. The van der Waals surface area contributed by atoms with Gasteiger partial charge in [0, 0.05) is 29.8 Å². The summed E-state index contributed by atoms with van der Waals surface area (Å²) >= 11 is 1.54. The molecule has 0 unspecified atom stereocenters. The van der Waals surface area contributed by atoms with Gasteiger partial charge in [-0.15, -0.1) is 11.3 Å². The molecule has 4 heteroatoms. The second-order valence-electron chi connectivity index (χ2n) is 4.75. The highest BCUT2D eigenvalue weighted by Crippen LogP contribution is 2.22. The molecule has 3 aromatic rings. The molecule has 0 aliphatic carbocycles. The number of nitrogens with zero attached hydrogens (tertiary/aromatic N) is 2. The highest BCUT2D eigenvalue weighted by molar-refractivity contribution is 7.10. The van der Waals surface area contributed by atoms with Crippen LogP contribution in [0.1, 0.15) is 10.6 Å². The van der Waals surface area contributed by atoms with Gasteiger partial charge in [0.05, 0.1) is 12.1 Å². The number of aromatic nitrogens is 2. The topological polar surface area (TPSA) is 42.9 Å². The zero-order valence-corrected chi connectivity index (χ0v) is 12.2. The number of thiazole rings is 1. The predicted octanol–water partition coefficient (Wildman–Crippen LogP) is 3.56. The number of hydrogen-bond donors (Lipinski definition) is 0. The Kier molecular flexibility index (Phi) is 4.17. The molecule has 0 atom stereocenters. The lowest BCUT2D eigenvalue weighted by atomic mass is 10.1. The van der Waals surface area contributed by atoms with Gasteiger partial charge in [0.15, 0.2) is 0 Å². The maximum atomic E-state index is 12.1. The largest absolute Gasteiger partial charge is 0.299 e. The van der Waals surface area contributed by atoms with Crippen LogP contribution in [-0.2, 0) is 17.6 Å². The average Bonchev–Trinajstić information content (AvgIpc) is 2.97. The number of rotatable bonds is 5. The molecule has 0 radical (unpaired) electrons. The summed E-state index contributed by atoms with van der Waals surface area (Å²) in [6.07, 6.45) is 4.23. The Morgan fingerprint density at radius 1 is 1.05 bits per heavy atom. The van der Waals surface area contributed by atoms with Crippen molar-refractivity contribution in [2.75, 3.05) is 0 Å². The molecule has 0 saturated heterocycles. The molecule has 2 heterocycles. The molecule has 0 amide bonds. The van der Waals surface area contributed by atoms with Crippen molar-refractivity contribution in [2.45, 2.75) is 12.8 Å². The summed E-state index contributed by atoms with van der Waals surface area (Å²) in [5.74, 6) is 0.164. The predicted molar refractivity (Wildman–Crippen MR) is 84.2 cm³/mol. The Bertz CT molecular complexity index is 723. The first kappa shape index (κ1) is 13.6. The monoisotopic (exact) mass is 294 g/mol. The fraction of sp³-hybridized carbons (Fsp3) is 0.118. The standard InChI is InChI=1S/C17H14N2OS/c20-15(9-13-5-4-8-18-11-13)10-17-19-16(12-21-17)14-6-2-1-3-7-14/h1-8,11-12H,9-10H2. The van der Waals surface area contributed by atoms with Gasteiger partial charge in [-0.3, -0.25) is 9.78 Å². The van der Waals surface area contributed by atoms with Crippen LogP contribution >= 0.6 is 11.3 Å². The fourth-order valence-corrected chi connectivity index (χ4v) is 2.93. The van der Waals surface area contributed by atoms with Gasteiger partial charge in [-0.1, -0.05) is 36.4 Å². The molecule has 0 fully saturated rings. The first-order chi connectivity index (χ1) is 10.3. The third kappa shape index (κ3) is 3.61. The van der Waals surface area contributed by atoms with Crippen molar-refractivity contribution < 1.29 is 4.79 Å². The van der Waals surface area contributed by atoms with Gasteiger partial charge in [0.1, 0.15) is 10.8 Å². The second-order valence-corrected chi connectivity index (χ2v) is 5.69. The maximum absolute atomic E-state index is 12.1. The molecular formula is C17H14N2OS. The number of carbonyl (C=O) groups excluding carboxylic acids is 1. The molecular weight excluding hydrogens is 280 g/mol. The van der Waals surface area contributed by atoms with Crippen molar-refractivity contribution in [3.05, 3.63) is 70.8 Å². The Labute approximate surface area is 127 Å².